The average molecular weight is 308 g/mol. The molecule has 1 saturated heterocycles. The van der Waals surface area contributed by atoms with Crippen LogP contribution in [0.3, 0.4) is 0 Å². The summed E-state index contributed by atoms with van der Waals surface area (Å²) in [6.45, 7) is 2.28. The van der Waals surface area contributed by atoms with Gasteiger partial charge in [0, 0.05) is 0 Å². The van der Waals surface area contributed by atoms with Gasteiger partial charge in [-0.05, 0) is 0 Å². The number of rotatable bonds is 1. The molecule has 0 amide bonds. The first kappa shape index (κ1) is 9.09. The Morgan fingerprint density at radius 1 is 1.71 bits per heavy atom. The van der Waals surface area contributed by atoms with E-state index in [1.165, 1.54) is 4.64 Å². The van der Waals surface area contributed by atoms with Crippen molar-refractivity contribution in [3.05, 3.63) is 0 Å². The van der Waals surface area contributed by atoms with Gasteiger partial charge in [-0.2, -0.15) is 0 Å². The molecule has 42 valence electrons. The molecule has 0 bridgehead atoms. The van der Waals surface area contributed by atoms with Crippen molar-refractivity contribution < 1.29 is 21.1 Å². The van der Waals surface area contributed by atoms with Crippen molar-refractivity contribution in [3.8, 4) is 0 Å². The molecule has 3 heteroatoms. The van der Waals surface area contributed by atoms with Gasteiger partial charge in [-0.15, -0.1) is 0 Å². The fraction of sp³-hybridized carbons (Fsp3) is 1.00. The summed E-state index contributed by atoms with van der Waals surface area (Å²) in [5, 5.41) is 1.96. The van der Waals surface area contributed by atoms with E-state index in [0.29, 0.717) is 0 Å². The van der Waals surface area contributed by atoms with Crippen LogP contribution in [0.15, 0.2) is 0 Å². The number of hydrogen-bond donors (Lipinski definition) is 0. The van der Waals surface area contributed by atoms with Crippen LogP contribution < -0.4 is 0 Å². The van der Waals surface area contributed by atoms with Crippen molar-refractivity contribution in [2.75, 3.05) is 0 Å². The predicted molar refractivity (Wildman–Crippen MR) is 32.8 cm³/mol. The molecule has 1 rings (SSSR count). The third-order valence-corrected chi connectivity index (χ3v) is 3.85. The van der Waals surface area contributed by atoms with Crippen molar-refractivity contribution in [3.63, 3.8) is 0 Å². The maximum atomic E-state index is 2.59. The van der Waals surface area contributed by atoms with E-state index in [-0.39, 0.29) is 29.6 Å². The molecule has 0 aliphatic carbocycles. The summed E-state index contributed by atoms with van der Waals surface area (Å²) in [6.07, 6.45) is 0. The average Bonchev–Trinajstić information content (AvgIpc) is 2.19. The summed E-state index contributed by atoms with van der Waals surface area (Å²) in [6, 6.07) is 0. The van der Waals surface area contributed by atoms with Gasteiger partial charge in [0.15, 0.2) is 0 Å². The molecular formula is C4H8AuNaS. The Morgan fingerprint density at radius 3 is 2.14 bits per heavy atom. The molecule has 0 spiro atoms. The first-order valence-corrected chi connectivity index (χ1v) is 4.48. The van der Waals surface area contributed by atoms with Gasteiger partial charge in [0.1, 0.15) is 0 Å². The van der Waals surface area contributed by atoms with Crippen molar-refractivity contribution in [1.29, 1.82) is 0 Å². The minimum absolute atomic E-state index is 0. The van der Waals surface area contributed by atoms with Gasteiger partial charge >= 0.3 is 84.4 Å². The van der Waals surface area contributed by atoms with Crippen LogP contribution in [0.4, 0.5) is 0 Å². The quantitative estimate of drug-likeness (QED) is 0.510. The molecule has 1 heterocycles. The number of hydrogen-bond acceptors (Lipinski definition) is 1. The van der Waals surface area contributed by atoms with E-state index in [2.05, 4.69) is 39.8 Å². The summed E-state index contributed by atoms with van der Waals surface area (Å²) >= 11 is 4.67. The zero-order valence-corrected chi connectivity index (χ0v) is 6.55. The maximum absolute atomic E-state index is 2.59. The van der Waals surface area contributed by atoms with Gasteiger partial charge < -0.3 is 0 Å². The number of thioether (sulfide) groups is 1. The van der Waals surface area contributed by atoms with Crippen LogP contribution in [0, 0.1) is 0 Å². The SMILES string of the molecule is CC1SC1[CH2][Au].[NaH]. The molecule has 1 aliphatic rings. The van der Waals surface area contributed by atoms with E-state index in [9.17, 15) is 0 Å². The van der Waals surface area contributed by atoms with Crippen LogP contribution in [0.5, 0.6) is 0 Å². The van der Waals surface area contributed by atoms with E-state index in [1.807, 2.05) is 0 Å². The summed E-state index contributed by atoms with van der Waals surface area (Å²) in [4.78, 5) is 0. The third-order valence-electron chi connectivity index (χ3n) is 0.958. The molecular weight excluding hydrogens is 300 g/mol. The van der Waals surface area contributed by atoms with Gasteiger partial charge in [0.2, 0.25) is 0 Å². The normalized spacial score (nSPS) is 37.0. The van der Waals surface area contributed by atoms with Gasteiger partial charge in [0.25, 0.3) is 0 Å². The summed E-state index contributed by atoms with van der Waals surface area (Å²) in [5.41, 5.74) is 0. The topological polar surface area (TPSA) is 0 Å². The standard InChI is InChI=1S/C4H7S.Au.Na.H/c1-3-4(2)5-3;;;/h3-4H,1H2,2H3;;;. The third kappa shape index (κ3) is 2.95. The van der Waals surface area contributed by atoms with Gasteiger partial charge in [0.05, 0.1) is 0 Å². The molecule has 0 saturated carbocycles. The summed E-state index contributed by atoms with van der Waals surface area (Å²) in [5.74, 6) is 0. The molecule has 0 radical (unpaired) electrons. The molecule has 0 aromatic rings. The van der Waals surface area contributed by atoms with Gasteiger partial charge in [-0.1, -0.05) is 0 Å². The van der Waals surface area contributed by atoms with E-state index in [1.54, 1.807) is 0 Å². The second-order valence-corrected chi connectivity index (χ2v) is 4.01. The Labute approximate surface area is 83.4 Å². The molecule has 0 aromatic heterocycles. The van der Waals surface area contributed by atoms with E-state index in [0.717, 1.165) is 10.5 Å². The zero-order valence-electron chi connectivity index (χ0n) is 3.57. The van der Waals surface area contributed by atoms with Crippen LogP contribution in [0.1, 0.15) is 6.92 Å². The Bertz CT molecular complexity index is 57.7. The Balaban J connectivity index is 0.000000360. The monoisotopic (exact) mass is 308 g/mol. The van der Waals surface area contributed by atoms with Crippen LogP contribution in [-0.2, 0) is 21.1 Å². The molecule has 7 heavy (non-hydrogen) atoms. The van der Waals surface area contributed by atoms with Crippen LogP contribution in [0.2, 0.25) is 4.64 Å². The fourth-order valence-corrected chi connectivity index (χ4v) is 2.70. The van der Waals surface area contributed by atoms with Crippen molar-refractivity contribution in [1.82, 2.24) is 0 Å². The van der Waals surface area contributed by atoms with Crippen LogP contribution in [-0.4, -0.2) is 40.1 Å². The molecule has 1 aliphatic heterocycles. The second kappa shape index (κ2) is 3.99. The van der Waals surface area contributed by atoms with Crippen molar-refractivity contribution in [2.24, 2.45) is 0 Å². The van der Waals surface area contributed by atoms with Gasteiger partial charge in [-0.25, -0.2) is 0 Å². The molecule has 0 N–H and O–H groups in total. The Hall–Kier alpha value is 2.09. The van der Waals surface area contributed by atoms with Crippen molar-refractivity contribution in [2.45, 2.75) is 22.1 Å². The fourth-order valence-electron chi connectivity index (χ4n) is 0.359. The van der Waals surface area contributed by atoms with E-state index >= 15 is 0 Å². The predicted octanol–water partition coefficient (Wildman–Crippen LogP) is 0.807. The van der Waals surface area contributed by atoms with Crippen LogP contribution in [0.25, 0.3) is 0 Å². The molecule has 2 unspecified atom stereocenters. The molecule has 0 aromatic carbocycles. The first-order chi connectivity index (χ1) is 2.84. The van der Waals surface area contributed by atoms with Crippen molar-refractivity contribution >= 4 is 41.3 Å². The molecule has 2 atom stereocenters. The Morgan fingerprint density at radius 2 is 2.14 bits per heavy atom. The van der Waals surface area contributed by atoms with Gasteiger partial charge in [-0.3, -0.25) is 0 Å². The van der Waals surface area contributed by atoms with E-state index in [4.69, 9.17) is 0 Å². The second-order valence-electron chi connectivity index (χ2n) is 1.50. The minimum atomic E-state index is 0. The van der Waals surface area contributed by atoms with E-state index < -0.39 is 0 Å². The summed E-state index contributed by atoms with van der Waals surface area (Å²) < 4.78 is 1.31. The Kier molecular flexibility index (Phi) is 5.19. The van der Waals surface area contributed by atoms with Crippen LogP contribution >= 0.6 is 11.8 Å². The summed E-state index contributed by atoms with van der Waals surface area (Å²) in [7, 11) is 0. The molecule has 1 fully saturated rings. The molecule has 0 nitrogen and oxygen atoms in total. The first-order valence-electron chi connectivity index (χ1n) is 2.00. The zero-order chi connectivity index (χ0) is 4.57.